The number of aliphatic hydroxyl groups excluding tert-OH is 3. The fraction of sp³-hybridized carbons (Fsp3) is 0. The molecule has 2 aliphatic carbocycles. The van der Waals surface area contributed by atoms with Gasteiger partial charge in [0, 0.05) is 47.8 Å². The van der Waals surface area contributed by atoms with E-state index >= 15 is 0 Å². The quantitative estimate of drug-likeness (QED) is 0.0937. The summed E-state index contributed by atoms with van der Waals surface area (Å²) in [5, 5.41) is 55.8. The highest BCUT2D eigenvalue weighted by atomic mass is 16.3. The van der Waals surface area contributed by atoms with Gasteiger partial charge in [-0.25, -0.2) is 0 Å². The van der Waals surface area contributed by atoms with E-state index in [9.17, 15) is 30.3 Å². The van der Waals surface area contributed by atoms with Crippen LogP contribution in [0.4, 0.5) is 28.4 Å². The Bertz CT molecular complexity index is 2090. The number of rotatable bonds is 6. The Labute approximate surface area is 276 Å². The number of aromatic hydroxyl groups is 2. The van der Waals surface area contributed by atoms with Gasteiger partial charge in [-0.15, -0.1) is 0 Å². The molecule has 0 heterocycles. The maximum absolute atomic E-state index is 13.6. The Morgan fingerprint density at radius 1 is 0.479 bits per heavy atom. The lowest BCUT2D eigenvalue weighted by Crippen LogP contribution is -2.26. The van der Waals surface area contributed by atoms with E-state index in [0.717, 1.165) is 22.7 Å². The molecule has 48 heavy (non-hydrogen) atoms. The van der Waals surface area contributed by atoms with Crippen LogP contribution in [0.3, 0.4) is 0 Å². The predicted molar refractivity (Wildman–Crippen MR) is 187 cm³/mol. The van der Waals surface area contributed by atoms with Crippen LogP contribution in [0.1, 0.15) is 5.56 Å². The van der Waals surface area contributed by atoms with Gasteiger partial charge in [0.2, 0.25) is 22.9 Å². The van der Waals surface area contributed by atoms with Crippen LogP contribution in [0.25, 0.3) is 5.57 Å². The molecule has 8 nitrogen and oxygen atoms in total. The first-order chi connectivity index (χ1) is 23.3. The number of anilines is 3. The summed E-state index contributed by atoms with van der Waals surface area (Å²) in [6.45, 7) is 0. The summed E-state index contributed by atoms with van der Waals surface area (Å²) in [6.07, 6.45) is 2.79. The number of phenolic OH excluding ortho intramolecular Hbond substituents is 2. The summed E-state index contributed by atoms with van der Waals surface area (Å²) in [5.41, 5.74) is 2.68. The molecule has 5 aromatic rings. The van der Waals surface area contributed by atoms with E-state index in [0.29, 0.717) is 11.4 Å². The summed E-state index contributed by atoms with van der Waals surface area (Å²) < 4.78 is 1.82. The van der Waals surface area contributed by atoms with Gasteiger partial charge in [-0.2, -0.15) is 4.58 Å². The van der Waals surface area contributed by atoms with Crippen LogP contribution in [0, 0.1) is 0 Å². The molecule has 7 rings (SSSR count). The number of carbonyl (C=O) groups excluding carboxylic acids is 1. The number of aliphatic hydroxyl groups is 3. The van der Waals surface area contributed by atoms with Crippen molar-refractivity contribution >= 4 is 45.5 Å². The minimum atomic E-state index is -0.768. The van der Waals surface area contributed by atoms with E-state index in [2.05, 4.69) is 0 Å². The summed E-state index contributed by atoms with van der Waals surface area (Å²) >= 11 is 0. The van der Waals surface area contributed by atoms with Crippen LogP contribution >= 0.6 is 0 Å². The molecule has 0 fully saturated rings. The molecular weight excluding hydrogens is 604 g/mol. The lowest BCUT2D eigenvalue weighted by atomic mass is 9.78. The van der Waals surface area contributed by atoms with Crippen molar-refractivity contribution in [1.29, 1.82) is 0 Å². The van der Waals surface area contributed by atoms with Crippen LogP contribution in [-0.4, -0.2) is 37.0 Å². The van der Waals surface area contributed by atoms with Crippen molar-refractivity contribution in [2.24, 2.45) is 0 Å². The zero-order valence-corrected chi connectivity index (χ0v) is 25.4. The molecule has 234 valence electrons. The predicted octanol–water partition coefficient (Wildman–Crippen LogP) is 8.59. The van der Waals surface area contributed by atoms with Crippen LogP contribution in [0.15, 0.2) is 174 Å². The topological polar surface area (TPSA) is 124 Å². The molecule has 0 saturated heterocycles. The maximum atomic E-state index is 13.6. The Kier molecular flexibility index (Phi) is 7.59. The van der Waals surface area contributed by atoms with Crippen molar-refractivity contribution < 1.29 is 30.3 Å². The molecule has 8 heteroatoms. The van der Waals surface area contributed by atoms with Gasteiger partial charge in [0.25, 0.3) is 0 Å². The number of ketones is 1. The number of Topliss-reactive ketones (excluding diaryl/α,β-unsaturated/α-hetero) is 1. The molecule has 0 aliphatic heterocycles. The minimum Gasteiger partial charge on any atom is -0.507 e. The first-order valence-corrected chi connectivity index (χ1v) is 15.1. The monoisotopic (exact) mass is 633 g/mol. The Morgan fingerprint density at radius 3 is 1.31 bits per heavy atom. The van der Waals surface area contributed by atoms with Crippen LogP contribution < -0.4 is 9.48 Å². The molecule has 5 aromatic carbocycles. The number of para-hydroxylation sites is 4. The fourth-order valence-electron chi connectivity index (χ4n) is 6.03. The Morgan fingerprint density at radius 2 is 0.896 bits per heavy atom. The average molecular weight is 634 g/mol. The van der Waals surface area contributed by atoms with Crippen molar-refractivity contribution in [3.63, 3.8) is 0 Å². The van der Waals surface area contributed by atoms with E-state index in [1.165, 1.54) is 24.3 Å². The summed E-state index contributed by atoms with van der Waals surface area (Å²) in [6, 6.07) is 40.3. The van der Waals surface area contributed by atoms with Gasteiger partial charge in [0.15, 0.2) is 0 Å². The molecule has 5 N–H and O–H groups in total. The smallest absolute Gasteiger partial charge is 0.219 e. The van der Waals surface area contributed by atoms with Crippen LogP contribution in [-0.2, 0) is 4.79 Å². The normalized spacial score (nSPS) is 14.3. The zero-order chi connectivity index (χ0) is 33.4. The van der Waals surface area contributed by atoms with E-state index in [-0.39, 0.29) is 22.3 Å². The zero-order valence-electron chi connectivity index (χ0n) is 25.4. The number of carbonyl (C=O) groups is 1. The van der Waals surface area contributed by atoms with Gasteiger partial charge in [0.05, 0.1) is 40.1 Å². The highest BCUT2D eigenvalue weighted by Gasteiger charge is 2.43. The number of phenols is 2. The third-order valence-corrected chi connectivity index (χ3v) is 8.16. The highest BCUT2D eigenvalue weighted by Crippen LogP contribution is 2.49. The molecule has 0 saturated carbocycles. The molecule has 0 aromatic heterocycles. The number of allylic oxidation sites excluding steroid dienone is 4. The molecule has 0 amide bonds. The van der Waals surface area contributed by atoms with Gasteiger partial charge < -0.3 is 30.4 Å². The summed E-state index contributed by atoms with van der Waals surface area (Å²) in [7, 11) is 0. The second kappa shape index (κ2) is 12.2. The summed E-state index contributed by atoms with van der Waals surface area (Å²) in [4.78, 5) is 15.4. The highest BCUT2D eigenvalue weighted by molar-refractivity contribution is 6.40. The van der Waals surface area contributed by atoms with Crippen molar-refractivity contribution in [2.45, 2.75) is 0 Å². The lowest BCUT2D eigenvalue weighted by molar-refractivity contribution is -0.111. The van der Waals surface area contributed by atoms with Gasteiger partial charge in [0.1, 0.15) is 28.8 Å². The fourth-order valence-corrected chi connectivity index (χ4v) is 6.03. The molecular formula is C40H29N2O6+. The number of hydrogen-bond donors (Lipinski definition) is 5. The summed E-state index contributed by atoms with van der Waals surface area (Å²) in [5.74, 6) is -3.12. The lowest BCUT2D eigenvalue weighted by Gasteiger charge is -2.28. The molecule has 0 radical (unpaired) electrons. The van der Waals surface area contributed by atoms with Crippen LogP contribution in [0.5, 0.6) is 11.5 Å². The number of benzene rings is 5. The first kappa shape index (κ1) is 29.9. The standard InChI is InChI=1S/C40H28N2O6/c43-31-21-29(41(25-13-5-1-6-14-25)26-15-7-2-8-16-26)22-32(44)35(31)37-39(47)38(40(37)48)36-33(45)23-30(24-34(36)46)42(27-17-9-3-10-18-27)28-19-11-4-12-20-28/h1-24H,(H4,43,44,45,46,47,48)/p+1. The molecule has 0 unspecified atom stereocenters. The van der Waals surface area contributed by atoms with Gasteiger partial charge in [-0.3, -0.25) is 4.79 Å². The molecule has 0 spiro atoms. The third kappa shape index (κ3) is 5.17. The second-order valence-corrected chi connectivity index (χ2v) is 11.2. The Balaban J connectivity index is 1.30. The van der Waals surface area contributed by atoms with E-state index in [1.54, 1.807) is 0 Å². The van der Waals surface area contributed by atoms with Crippen molar-refractivity contribution in [1.82, 2.24) is 4.58 Å². The van der Waals surface area contributed by atoms with Gasteiger partial charge in [-0.05, 0) is 24.3 Å². The SMILES string of the molecule is O=C1C(=C2C(O)=CC(=[N+](c3ccccc3)c3ccccc3)C=C2O)C(O)=C1c1c(O)cc(N(c2ccccc2)c2ccccc2)cc1O. The second-order valence-electron chi connectivity index (χ2n) is 11.2. The average Bonchev–Trinajstić information content (AvgIpc) is 3.10. The van der Waals surface area contributed by atoms with Crippen molar-refractivity contribution in [2.75, 3.05) is 4.90 Å². The van der Waals surface area contributed by atoms with Crippen molar-refractivity contribution in [3.05, 3.63) is 180 Å². The van der Waals surface area contributed by atoms with Gasteiger partial charge in [-0.1, -0.05) is 72.8 Å². The molecule has 0 atom stereocenters. The van der Waals surface area contributed by atoms with Gasteiger partial charge >= 0.3 is 0 Å². The Hall–Kier alpha value is -6.80. The molecule has 2 aliphatic rings. The van der Waals surface area contributed by atoms with E-state index < -0.39 is 34.6 Å². The van der Waals surface area contributed by atoms with E-state index in [1.807, 2.05) is 131 Å². The number of nitrogens with zero attached hydrogens (tertiary/aromatic N) is 2. The molecule has 0 bridgehead atoms. The third-order valence-electron chi connectivity index (χ3n) is 8.16. The first-order valence-electron chi connectivity index (χ1n) is 15.1. The van der Waals surface area contributed by atoms with Crippen molar-refractivity contribution in [3.8, 4) is 11.5 Å². The maximum Gasteiger partial charge on any atom is 0.219 e. The number of hydrogen-bond acceptors (Lipinski definition) is 7. The minimum absolute atomic E-state index is 0.263. The largest absolute Gasteiger partial charge is 0.507 e. The van der Waals surface area contributed by atoms with Crippen LogP contribution in [0.2, 0.25) is 0 Å². The van der Waals surface area contributed by atoms with E-state index in [4.69, 9.17) is 0 Å².